The Kier molecular flexibility index (Phi) is 6.74. The molecular weight excluding hydrogens is 336 g/mol. The van der Waals surface area contributed by atoms with Gasteiger partial charge < -0.3 is 19.4 Å². The van der Waals surface area contributed by atoms with E-state index in [4.69, 9.17) is 9.15 Å². The Hall–Kier alpha value is -1.01. The minimum atomic E-state index is -0.454. The van der Waals surface area contributed by atoms with Crippen molar-refractivity contribution in [2.24, 2.45) is 0 Å². The third kappa shape index (κ3) is 7.00. The van der Waals surface area contributed by atoms with Crippen LogP contribution in [-0.2, 0) is 4.74 Å². The molecule has 0 aliphatic carbocycles. The van der Waals surface area contributed by atoms with Crippen molar-refractivity contribution in [3.8, 4) is 0 Å². The molecule has 1 amide bonds. The molecule has 1 N–H and O–H groups in total. The molecule has 1 unspecified atom stereocenters. The highest BCUT2D eigenvalue weighted by molar-refractivity contribution is 9.10. The summed E-state index contributed by atoms with van der Waals surface area (Å²) in [6, 6.07) is 3.96. The molecule has 1 aromatic rings. The van der Waals surface area contributed by atoms with Crippen molar-refractivity contribution in [3.63, 3.8) is 0 Å². The number of furan rings is 1. The summed E-state index contributed by atoms with van der Waals surface area (Å²) in [5, 5.41) is 3.36. The third-order valence-corrected chi connectivity index (χ3v) is 3.27. The van der Waals surface area contributed by atoms with Crippen molar-refractivity contribution in [1.82, 2.24) is 10.2 Å². The lowest BCUT2D eigenvalue weighted by molar-refractivity contribution is 0.0297. The first-order chi connectivity index (χ1) is 9.69. The molecule has 120 valence electrons. The molecule has 1 heterocycles. The number of rotatable bonds is 6. The fourth-order valence-corrected chi connectivity index (χ4v) is 2.05. The summed E-state index contributed by atoms with van der Waals surface area (Å²) in [5.41, 5.74) is -0.454. The van der Waals surface area contributed by atoms with E-state index in [0.29, 0.717) is 6.54 Å². The molecule has 5 nitrogen and oxygen atoms in total. The highest BCUT2D eigenvalue weighted by atomic mass is 79.9. The van der Waals surface area contributed by atoms with E-state index in [0.717, 1.165) is 23.4 Å². The van der Waals surface area contributed by atoms with Crippen molar-refractivity contribution >= 4 is 22.0 Å². The number of carbonyl (C=O) groups excluding carboxylic acids is 1. The van der Waals surface area contributed by atoms with Crippen LogP contribution in [0.15, 0.2) is 21.2 Å². The highest BCUT2D eigenvalue weighted by Gasteiger charge is 2.19. The summed E-state index contributed by atoms with van der Waals surface area (Å²) >= 11 is 3.29. The summed E-state index contributed by atoms with van der Waals surface area (Å²) in [6.45, 7) is 9.09. The molecule has 0 radical (unpaired) electrons. The number of halogens is 1. The largest absolute Gasteiger partial charge is 0.453 e. The van der Waals surface area contributed by atoms with Gasteiger partial charge in [-0.1, -0.05) is 0 Å². The topological polar surface area (TPSA) is 54.7 Å². The average Bonchev–Trinajstić information content (AvgIpc) is 2.78. The van der Waals surface area contributed by atoms with E-state index in [1.54, 1.807) is 11.9 Å². The van der Waals surface area contributed by atoms with Crippen LogP contribution in [0.25, 0.3) is 0 Å². The molecule has 0 aliphatic heterocycles. The number of carbonyl (C=O) groups is 1. The van der Waals surface area contributed by atoms with Crippen molar-refractivity contribution in [2.45, 2.75) is 45.8 Å². The zero-order valence-electron chi connectivity index (χ0n) is 13.4. The van der Waals surface area contributed by atoms with Gasteiger partial charge in [0.15, 0.2) is 4.67 Å². The van der Waals surface area contributed by atoms with E-state index >= 15 is 0 Å². The lowest BCUT2D eigenvalue weighted by Gasteiger charge is -2.24. The Morgan fingerprint density at radius 1 is 1.48 bits per heavy atom. The van der Waals surface area contributed by atoms with Crippen LogP contribution in [-0.4, -0.2) is 36.7 Å². The molecule has 1 aromatic heterocycles. The fraction of sp³-hybridized carbons (Fsp3) is 0.667. The van der Waals surface area contributed by atoms with Crippen molar-refractivity contribution < 1.29 is 13.9 Å². The van der Waals surface area contributed by atoms with Gasteiger partial charge in [-0.25, -0.2) is 4.79 Å². The quantitative estimate of drug-likeness (QED) is 0.780. The van der Waals surface area contributed by atoms with Crippen molar-refractivity contribution in [1.29, 1.82) is 0 Å². The Morgan fingerprint density at radius 2 is 2.14 bits per heavy atom. The molecule has 21 heavy (non-hydrogen) atoms. The van der Waals surface area contributed by atoms with E-state index in [1.165, 1.54) is 0 Å². The van der Waals surface area contributed by atoms with Crippen LogP contribution in [0, 0.1) is 0 Å². The van der Waals surface area contributed by atoms with Crippen molar-refractivity contribution in [2.75, 3.05) is 20.1 Å². The Balaban J connectivity index is 2.23. The number of ether oxygens (including phenoxy) is 1. The van der Waals surface area contributed by atoms with Crippen LogP contribution in [0.4, 0.5) is 4.79 Å². The zero-order chi connectivity index (χ0) is 16.0. The second-order valence-corrected chi connectivity index (χ2v) is 6.85. The molecule has 0 saturated carbocycles. The van der Waals surface area contributed by atoms with Gasteiger partial charge >= 0.3 is 6.09 Å². The van der Waals surface area contributed by atoms with Gasteiger partial charge in [0.05, 0.1) is 6.04 Å². The molecule has 0 fully saturated rings. The Morgan fingerprint density at radius 3 is 2.67 bits per heavy atom. The van der Waals surface area contributed by atoms with Crippen LogP contribution < -0.4 is 5.32 Å². The number of nitrogens with one attached hydrogen (secondary N) is 1. The normalized spacial score (nSPS) is 13.0. The second-order valence-electron chi connectivity index (χ2n) is 6.07. The molecule has 0 aromatic carbocycles. The molecular formula is C15H25BrN2O3. The molecule has 0 spiro atoms. The lowest BCUT2D eigenvalue weighted by atomic mass is 10.2. The zero-order valence-corrected chi connectivity index (χ0v) is 15.0. The Bertz CT molecular complexity index is 454. The van der Waals surface area contributed by atoms with Crippen LogP contribution in [0.5, 0.6) is 0 Å². The van der Waals surface area contributed by atoms with Gasteiger partial charge in [-0.2, -0.15) is 0 Å². The maximum atomic E-state index is 11.8. The van der Waals surface area contributed by atoms with Crippen LogP contribution in [0.1, 0.15) is 45.9 Å². The van der Waals surface area contributed by atoms with Gasteiger partial charge in [0, 0.05) is 13.6 Å². The third-order valence-electron chi connectivity index (χ3n) is 2.85. The predicted octanol–water partition coefficient (Wildman–Crippen LogP) is 3.95. The van der Waals surface area contributed by atoms with E-state index in [2.05, 4.69) is 21.2 Å². The van der Waals surface area contributed by atoms with Gasteiger partial charge in [-0.05, 0) is 68.7 Å². The number of hydrogen-bond acceptors (Lipinski definition) is 4. The first-order valence-corrected chi connectivity index (χ1v) is 7.91. The van der Waals surface area contributed by atoms with Gasteiger partial charge in [-0.15, -0.1) is 0 Å². The van der Waals surface area contributed by atoms with Gasteiger partial charge in [0.1, 0.15) is 11.4 Å². The van der Waals surface area contributed by atoms with Gasteiger partial charge in [0.2, 0.25) is 0 Å². The van der Waals surface area contributed by atoms with Gasteiger partial charge in [-0.3, -0.25) is 0 Å². The van der Waals surface area contributed by atoms with Crippen molar-refractivity contribution in [3.05, 3.63) is 22.6 Å². The minimum Gasteiger partial charge on any atom is -0.453 e. The summed E-state index contributed by atoms with van der Waals surface area (Å²) in [5.74, 6) is 0.891. The first-order valence-electron chi connectivity index (χ1n) is 7.12. The molecule has 6 heteroatoms. The van der Waals surface area contributed by atoms with Crippen LogP contribution in [0.3, 0.4) is 0 Å². The summed E-state index contributed by atoms with van der Waals surface area (Å²) in [7, 11) is 1.75. The summed E-state index contributed by atoms with van der Waals surface area (Å²) in [6.07, 6.45) is 0.563. The fourth-order valence-electron chi connectivity index (χ4n) is 1.73. The molecule has 0 aliphatic rings. The summed E-state index contributed by atoms with van der Waals surface area (Å²) < 4.78 is 11.5. The number of amides is 1. The molecule has 0 bridgehead atoms. The lowest BCUT2D eigenvalue weighted by Crippen LogP contribution is -2.35. The van der Waals surface area contributed by atoms with E-state index in [1.807, 2.05) is 39.8 Å². The predicted molar refractivity (Wildman–Crippen MR) is 86.3 cm³/mol. The number of hydrogen-bond donors (Lipinski definition) is 1. The first kappa shape index (κ1) is 18.0. The average molecular weight is 361 g/mol. The maximum Gasteiger partial charge on any atom is 0.410 e. The summed E-state index contributed by atoms with van der Waals surface area (Å²) in [4.78, 5) is 13.4. The van der Waals surface area contributed by atoms with E-state index < -0.39 is 5.60 Å². The smallest absolute Gasteiger partial charge is 0.410 e. The maximum absolute atomic E-state index is 11.8. The molecule has 0 saturated heterocycles. The molecule has 1 rings (SSSR count). The standard InChI is InChI=1S/C15H25BrN2O3/c1-11(12-7-8-13(16)20-12)17-9-6-10-18(5)14(19)21-15(2,3)4/h7-8,11,17H,6,9-10H2,1-5H3. The van der Waals surface area contributed by atoms with E-state index in [9.17, 15) is 4.79 Å². The SMILES string of the molecule is CC(NCCCN(C)C(=O)OC(C)(C)C)c1ccc(Br)o1. The van der Waals surface area contributed by atoms with Crippen LogP contribution >= 0.6 is 15.9 Å². The van der Waals surface area contributed by atoms with Gasteiger partial charge in [0.25, 0.3) is 0 Å². The number of nitrogens with zero attached hydrogens (tertiary/aromatic N) is 1. The Labute approximate surface area is 135 Å². The monoisotopic (exact) mass is 360 g/mol. The second kappa shape index (κ2) is 7.84. The molecule has 1 atom stereocenters. The minimum absolute atomic E-state index is 0.142. The van der Waals surface area contributed by atoms with Crippen LogP contribution in [0.2, 0.25) is 0 Å². The van der Waals surface area contributed by atoms with E-state index in [-0.39, 0.29) is 12.1 Å². The highest BCUT2D eigenvalue weighted by Crippen LogP contribution is 2.19.